The minimum absolute atomic E-state index is 0.212. The monoisotopic (exact) mass is 192 g/mol. The van der Waals surface area contributed by atoms with Crippen LogP contribution in [0.25, 0.3) is 0 Å². The van der Waals surface area contributed by atoms with E-state index in [2.05, 4.69) is 30.7 Å². The van der Waals surface area contributed by atoms with Crippen LogP contribution in [-0.4, -0.2) is 9.97 Å². The molecular formula is C12H20N2. The summed E-state index contributed by atoms with van der Waals surface area (Å²) in [7, 11) is 0. The third-order valence-electron chi connectivity index (χ3n) is 2.72. The van der Waals surface area contributed by atoms with Crippen molar-refractivity contribution < 1.29 is 0 Å². The molecule has 0 saturated heterocycles. The summed E-state index contributed by atoms with van der Waals surface area (Å²) < 4.78 is 0. The van der Waals surface area contributed by atoms with Crippen molar-refractivity contribution in [3.63, 3.8) is 0 Å². The van der Waals surface area contributed by atoms with Crippen molar-refractivity contribution in [1.82, 2.24) is 9.97 Å². The summed E-state index contributed by atoms with van der Waals surface area (Å²) in [5.41, 5.74) is 1.46. The maximum absolute atomic E-state index is 4.24. The Morgan fingerprint density at radius 2 is 1.79 bits per heavy atom. The molecule has 1 aromatic heterocycles. The van der Waals surface area contributed by atoms with Crippen LogP contribution >= 0.6 is 0 Å². The molecule has 0 spiro atoms. The number of aromatic nitrogens is 2. The molecule has 0 bridgehead atoms. The predicted molar refractivity (Wildman–Crippen MR) is 59.3 cm³/mol. The molecular weight excluding hydrogens is 172 g/mol. The number of nitrogens with zero attached hydrogens (tertiary/aromatic N) is 2. The standard InChI is InChI=1S/C12H20N2/c1-5-6-7-12(3,4)11-8-13-10(2)14-9-11/h8-9H,5-7H2,1-4H3. The molecule has 78 valence electrons. The van der Waals surface area contributed by atoms with Gasteiger partial charge in [-0.15, -0.1) is 0 Å². The van der Waals surface area contributed by atoms with Crippen LogP contribution in [0.15, 0.2) is 12.4 Å². The second kappa shape index (κ2) is 4.54. The third kappa shape index (κ3) is 2.79. The SMILES string of the molecule is CCCCC(C)(C)c1cnc(C)nc1. The lowest BCUT2D eigenvalue weighted by atomic mass is 9.82. The van der Waals surface area contributed by atoms with Gasteiger partial charge in [-0.1, -0.05) is 33.6 Å². The van der Waals surface area contributed by atoms with Crippen molar-refractivity contribution in [3.05, 3.63) is 23.8 Å². The summed E-state index contributed by atoms with van der Waals surface area (Å²) in [6.45, 7) is 8.66. The van der Waals surface area contributed by atoms with Crippen LogP contribution < -0.4 is 0 Å². The van der Waals surface area contributed by atoms with Gasteiger partial charge < -0.3 is 0 Å². The second-order valence-corrected chi connectivity index (χ2v) is 4.51. The van der Waals surface area contributed by atoms with Gasteiger partial charge in [-0.05, 0) is 24.3 Å². The van der Waals surface area contributed by atoms with Gasteiger partial charge in [0.2, 0.25) is 0 Å². The lowest BCUT2D eigenvalue weighted by molar-refractivity contribution is 0.454. The van der Waals surface area contributed by atoms with Crippen molar-refractivity contribution in [2.75, 3.05) is 0 Å². The average Bonchev–Trinajstić information content (AvgIpc) is 2.16. The van der Waals surface area contributed by atoms with Crippen LogP contribution in [0, 0.1) is 6.92 Å². The molecule has 2 heteroatoms. The summed E-state index contributed by atoms with van der Waals surface area (Å²) in [5, 5.41) is 0. The quantitative estimate of drug-likeness (QED) is 0.731. The van der Waals surface area contributed by atoms with Crippen LogP contribution in [0.5, 0.6) is 0 Å². The molecule has 0 N–H and O–H groups in total. The van der Waals surface area contributed by atoms with Gasteiger partial charge in [0.25, 0.3) is 0 Å². The molecule has 0 radical (unpaired) electrons. The zero-order valence-electron chi connectivity index (χ0n) is 9.67. The lowest BCUT2D eigenvalue weighted by Gasteiger charge is -2.24. The number of hydrogen-bond acceptors (Lipinski definition) is 2. The molecule has 0 saturated carbocycles. The van der Waals surface area contributed by atoms with Gasteiger partial charge in [-0.3, -0.25) is 0 Å². The molecule has 0 fully saturated rings. The van der Waals surface area contributed by atoms with E-state index in [1.54, 1.807) is 0 Å². The summed E-state index contributed by atoms with van der Waals surface area (Å²) in [6.07, 6.45) is 7.63. The van der Waals surface area contributed by atoms with E-state index in [0.717, 1.165) is 5.82 Å². The van der Waals surface area contributed by atoms with Crippen LogP contribution in [-0.2, 0) is 5.41 Å². The number of unbranched alkanes of at least 4 members (excludes halogenated alkanes) is 1. The Balaban J connectivity index is 2.75. The molecule has 1 aromatic rings. The first kappa shape index (κ1) is 11.2. The van der Waals surface area contributed by atoms with Gasteiger partial charge in [0.1, 0.15) is 5.82 Å². The normalized spacial score (nSPS) is 11.7. The minimum atomic E-state index is 0.212. The summed E-state index contributed by atoms with van der Waals surface area (Å²) >= 11 is 0. The first-order chi connectivity index (χ1) is 6.56. The molecule has 0 atom stereocenters. The fourth-order valence-corrected chi connectivity index (χ4v) is 1.51. The number of rotatable bonds is 4. The molecule has 0 amide bonds. The average molecular weight is 192 g/mol. The zero-order valence-corrected chi connectivity index (χ0v) is 9.67. The Kier molecular flexibility index (Phi) is 3.62. The van der Waals surface area contributed by atoms with E-state index in [0.29, 0.717) is 0 Å². The number of hydrogen-bond donors (Lipinski definition) is 0. The van der Waals surface area contributed by atoms with Crippen molar-refractivity contribution in [2.45, 2.75) is 52.4 Å². The zero-order chi connectivity index (χ0) is 10.6. The van der Waals surface area contributed by atoms with Gasteiger partial charge in [0, 0.05) is 12.4 Å². The molecule has 0 aliphatic rings. The topological polar surface area (TPSA) is 25.8 Å². The van der Waals surface area contributed by atoms with E-state index in [-0.39, 0.29) is 5.41 Å². The Bertz CT molecular complexity index is 275. The van der Waals surface area contributed by atoms with Gasteiger partial charge in [-0.25, -0.2) is 9.97 Å². The van der Waals surface area contributed by atoms with Crippen molar-refractivity contribution >= 4 is 0 Å². The maximum atomic E-state index is 4.24. The van der Waals surface area contributed by atoms with Gasteiger partial charge in [0.05, 0.1) is 0 Å². The fourth-order valence-electron chi connectivity index (χ4n) is 1.51. The molecule has 0 aliphatic carbocycles. The summed E-state index contributed by atoms with van der Waals surface area (Å²) in [5.74, 6) is 0.847. The van der Waals surface area contributed by atoms with Crippen LogP contribution in [0.4, 0.5) is 0 Å². The Morgan fingerprint density at radius 1 is 1.21 bits per heavy atom. The second-order valence-electron chi connectivity index (χ2n) is 4.51. The Morgan fingerprint density at radius 3 is 2.29 bits per heavy atom. The van der Waals surface area contributed by atoms with E-state index >= 15 is 0 Å². The first-order valence-corrected chi connectivity index (χ1v) is 5.35. The van der Waals surface area contributed by atoms with Crippen LogP contribution in [0.1, 0.15) is 51.4 Å². The highest BCUT2D eigenvalue weighted by Crippen LogP contribution is 2.27. The molecule has 14 heavy (non-hydrogen) atoms. The predicted octanol–water partition coefficient (Wildman–Crippen LogP) is 3.25. The maximum Gasteiger partial charge on any atom is 0.125 e. The highest BCUT2D eigenvalue weighted by Gasteiger charge is 2.20. The summed E-state index contributed by atoms with van der Waals surface area (Å²) in [4.78, 5) is 8.48. The smallest absolute Gasteiger partial charge is 0.125 e. The first-order valence-electron chi connectivity index (χ1n) is 5.35. The van der Waals surface area contributed by atoms with E-state index in [9.17, 15) is 0 Å². The van der Waals surface area contributed by atoms with Gasteiger partial charge in [-0.2, -0.15) is 0 Å². The summed E-state index contributed by atoms with van der Waals surface area (Å²) in [6, 6.07) is 0. The van der Waals surface area contributed by atoms with E-state index < -0.39 is 0 Å². The van der Waals surface area contributed by atoms with E-state index in [1.807, 2.05) is 19.3 Å². The van der Waals surface area contributed by atoms with Crippen molar-refractivity contribution in [2.24, 2.45) is 0 Å². The molecule has 1 heterocycles. The molecule has 0 aromatic carbocycles. The Hall–Kier alpha value is -0.920. The van der Waals surface area contributed by atoms with Gasteiger partial charge >= 0.3 is 0 Å². The highest BCUT2D eigenvalue weighted by atomic mass is 14.8. The lowest BCUT2D eigenvalue weighted by Crippen LogP contribution is -2.17. The van der Waals surface area contributed by atoms with Crippen LogP contribution in [0.2, 0.25) is 0 Å². The van der Waals surface area contributed by atoms with Crippen LogP contribution in [0.3, 0.4) is 0 Å². The van der Waals surface area contributed by atoms with Crippen molar-refractivity contribution in [3.8, 4) is 0 Å². The molecule has 0 aliphatic heterocycles. The number of aryl methyl sites for hydroxylation is 1. The minimum Gasteiger partial charge on any atom is -0.241 e. The molecule has 0 unspecified atom stereocenters. The van der Waals surface area contributed by atoms with E-state index in [4.69, 9.17) is 0 Å². The van der Waals surface area contributed by atoms with Crippen molar-refractivity contribution in [1.29, 1.82) is 0 Å². The molecule has 1 rings (SSSR count). The molecule has 2 nitrogen and oxygen atoms in total. The third-order valence-corrected chi connectivity index (χ3v) is 2.72. The van der Waals surface area contributed by atoms with Gasteiger partial charge in [0.15, 0.2) is 0 Å². The van der Waals surface area contributed by atoms with E-state index in [1.165, 1.54) is 24.8 Å². The largest absolute Gasteiger partial charge is 0.241 e. The fraction of sp³-hybridized carbons (Fsp3) is 0.667. The Labute approximate surface area is 86.8 Å². The highest BCUT2D eigenvalue weighted by molar-refractivity contribution is 5.16.